The molecule has 1 unspecified atom stereocenters. The molecule has 0 bridgehead atoms. The van der Waals surface area contributed by atoms with E-state index in [0.29, 0.717) is 6.04 Å². The van der Waals surface area contributed by atoms with Crippen LogP contribution in [0.15, 0.2) is 18.2 Å². The van der Waals surface area contributed by atoms with Gasteiger partial charge >= 0.3 is 0 Å². The van der Waals surface area contributed by atoms with Crippen LogP contribution in [0.2, 0.25) is 0 Å². The summed E-state index contributed by atoms with van der Waals surface area (Å²) < 4.78 is 0. The van der Waals surface area contributed by atoms with E-state index < -0.39 is 0 Å². The number of rotatable bonds is 4. The zero-order valence-corrected chi connectivity index (χ0v) is 12.1. The summed E-state index contributed by atoms with van der Waals surface area (Å²) in [6.07, 6.45) is 8.01. The van der Waals surface area contributed by atoms with E-state index >= 15 is 0 Å². The van der Waals surface area contributed by atoms with Gasteiger partial charge in [0.05, 0.1) is 0 Å². The lowest BCUT2D eigenvalue weighted by Crippen LogP contribution is -2.42. The first-order valence-electron chi connectivity index (χ1n) is 7.84. The number of benzene rings is 1. The van der Waals surface area contributed by atoms with Gasteiger partial charge in [0.2, 0.25) is 0 Å². The first kappa shape index (κ1) is 13.1. The molecule has 104 valence electrons. The highest BCUT2D eigenvalue weighted by atomic mass is 15.1. The maximum absolute atomic E-state index is 3.64. The van der Waals surface area contributed by atoms with Crippen molar-refractivity contribution in [1.29, 1.82) is 0 Å². The molecule has 0 amide bonds. The molecule has 1 heterocycles. The Morgan fingerprint density at radius 3 is 2.89 bits per heavy atom. The van der Waals surface area contributed by atoms with E-state index in [-0.39, 0.29) is 0 Å². The van der Waals surface area contributed by atoms with E-state index in [9.17, 15) is 0 Å². The first-order valence-corrected chi connectivity index (χ1v) is 7.84. The van der Waals surface area contributed by atoms with Gasteiger partial charge < -0.3 is 10.2 Å². The SMILES string of the molecule is CN(Cc1ccc2c(c1)CCC2)CC1CCCCN1. The third kappa shape index (κ3) is 3.37. The lowest BCUT2D eigenvalue weighted by molar-refractivity contribution is 0.256. The summed E-state index contributed by atoms with van der Waals surface area (Å²) in [6.45, 7) is 3.47. The molecule has 19 heavy (non-hydrogen) atoms. The molecule has 1 aromatic carbocycles. The molecule has 0 spiro atoms. The number of fused-ring (bicyclic) bond motifs is 1. The molecule has 0 radical (unpaired) electrons. The largest absolute Gasteiger partial charge is 0.313 e. The monoisotopic (exact) mass is 258 g/mol. The molecule has 1 N–H and O–H groups in total. The summed E-state index contributed by atoms with van der Waals surface area (Å²) in [5.41, 5.74) is 4.67. The van der Waals surface area contributed by atoms with E-state index in [1.54, 1.807) is 11.1 Å². The lowest BCUT2D eigenvalue weighted by Gasteiger charge is -2.28. The average molecular weight is 258 g/mol. The predicted octanol–water partition coefficient (Wildman–Crippen LogP) is 2.75. The van der Waals surface area contributed by atoms with E-state index in [2.05, 4.69) is 35.5 Å². The maximum atomic E-state index is 3.64. The van der Waals surface area contributed by atoms with Crippen LogP contribution in [-0.4, -0.2) is 31.1 Å². The highest BCUT2D eigenvalue weighted by Crippen LogP contribution is 2.23. The quantitative estimate of drug-likeness (QED) is 0.893. The average Bonchev–Trinajstić information content (AvgIpc) is 2.87. The first-order chi connectivity index (χ1) is 9.31. The molecule has 2 nitrogen and oxygen atoms in total. The van der Waals surface area contributed by atoms with Crippen LogP contribution in [-0.2, 0) is 19.4 Å². The Balaban J connectivity index is 1.55. The van der Waals surface area contributed by atoms with Gasteiger partial charge in [0.25, 0.3) is 0 Å². The minimum Gasteiger partial charge on any atom is -0.313 e. The lowest BCUT2D eigenvalue weighted by atomic mass is 10.0. The number of nitrogens with one attached hydrogen (secondary N) is 1. The topological polar surface area (TPSA) is 15.3 Å². The molecule has 1 aliphatic carbocycles. The number of piperidine rings is 1. The van der Waals surface area contributed by atoms with Crippen molar-refractivity contribution in [2.24, 2.45) is 0 Å². The summed E-state index contributed by atoms with van der Waals surface area (Å²) in [4.78, 5) is 2.47. The van der Waals surface area contributed by atoms with Gasteiger partial charge in [0, 0.05) is 19.1 Å². The molecule has 1 aromatic rings. The summed E-state index contributed by atoms with van der Waals surface area (Å²) in [7, 11) is 2.25. The fourth-order valence-electron chi connectivity index (χ4n) is 3.56. The van der Waals surface area contributed by atoms with E-state index in [1.165, 1.54) is 57.2 Å². The fourth-order valence-corrected chi connectivity index (χ4v) is 3.56. The van der Waals surface area contributed by atoms with E-state index in [4.69, 9.17) is 0 Å². The minimum absolute atomic E-state index is 0.702. The van der Waals surface area contributed by atoms with E-state index in [1.807, 2.05) is 0 Å². The maximum Gasteiger partial charge on any atom is 0.0231 e. The molecular formula is C17H26N2. The third-order valence-electron chi connectivity index (χ3n) is 4.56. The number of nitrogens with zero attached hydrogens (tertiary/aromatic N) is 1. The molecule has 1 atom stereocenters. The van der Waals surface area contributed by atoms with Crippen LogP contribution in [0.3, 0.4) is 0 Å². The van der Waals surface area contributed by atoms with Gasteiger partial charge in [-0.15, -0.1) is 0 Å². The minimum atomic E-state index is 0.702. The third-order valence-corrected chi connectivity index (χ3v) is 4.56. The smallest absolute Gasteiger partial charge is 0.0231 e. The van der Waals surface area contributed by atoms with Crippen molar-refractivity contribution < 1.29 is 0 Å². The normalized spacial score (nSPS) is 22.7. The van der Waals surface area contributed by atoms with Gasteiger partial charge in [-0.05, 0) is 62.4 Å². The van der Waals surface area contributed by atoms with Crippen molar-refractivity contribution in [3.8, 4) is 0 Å². The molecule has 2 aliphatic rings. The Kier molecular flexibility index (Phi) is 4.19. The van der Waals surface area contributed by atoms with Gasteiger partial charge in [-0.1, -0.05) is 24.6 Å². The molecule has 1 fully saturated rings. The standard InChI is InChI=1S/C17H26N2/c1-19(13-17-7-2-3-10-18-17)12-14-8-9-15-5-4-6-16(15)11-14/h8-9,11,17-18H,2-7,10,12-13H2,1H3. The Labute approximate surface area is 117 Å². The fraction of sp³-hybridized carbons (Fsp3) is 0.647. The molecular weight excluding hydrogens is 232 g/mol. The van der Waals surface area contributed by atoms with Crippen molar-refractivity contribution >= 4 is 0 Å². The number of hydrogen-bond acceptors (Lipinski definition) is 2. The van der Waals surface area contributed by atoms with Crippen molar-refractivity contribution in [2.45, 2.75) is 51.1 Å². The van der Waals surface area contributed by atoms with Crippen LogP contribution in [0.25, 0.3) is 0 Å². The van der Waals surface area contributed by atoms with Crippen LogP contribution in [0.4, 0.5) is 0 Å². The zero-order chi connectivity index (χ0) is 13.1. The Morgan fingerprint density at radius 2 is 2.05 bits per heavy atom. The van der Waals surface area contributed by atoms with Gasteiger partial charge in [0.15, 0.2) is 0 Å². The number of hydrogen-bond donors (Lipinski definition) is 1. The Morgan fingerprint density at radius 1 is 1.16 bits per heavy atom. The molecule has 2 heteroatoms. The van der Waals surface area contributed by atoms with Crippen LogP contribution < -0.4 is 5.32 Å². The van der Waals surface area contributed by atoms with Gasteiger partial charge in [-0.2, -0.15) is 0 Å². The zero-order valence-electron chi connectivity index (χ0n) is 12.1. The van der Waals surface area contributed by atoms with Crippen molar-refractivity contribution in [3.05, 3.63) is 34.9 Å². The molecule has 1 saturated heterocycles. The van der Waals surface area contributed by atoms with Crippen molar-refractivity contribution in [2.75, 3.05) is 20.1 Å². The predicted molar refractivity (Wildman–Crippen MR) is 80.4 cm³/mol. The Hall–Kier alpha value is -0.860. The Bertz CT molecular complexity index is 421. The number of aryl methyl sites for hydroxylation is 2. The second-order valence-corrected chi connectivity index (χ2v) is 6.30. The molecule has 1 aliphatic heterocycles. The molecule has 0 aromatic heterocycles. The summed E-state index contributed by atoms with van der Waals surface area (Å²) >= 11 is 0. The van der Waals surface area contributed by atoms with E-state index in [0.717, 1.165) is 6.54 Å². The number of likely N-dealkylation sites (N-methyl/N-ethyl adjacent to an activating group) is 1. The second kappa shape index (κ2) is 6.06. The molecule has 3 rings (SSSR count). The second-order valence-electron chi connectivity index (χ2n) is 6.30. The highest BCUT2D eigenvalue weighted by molar-refractivity contribution is 5.35. The van der Waals surface area contributed by atoms with Crippen LogP contribution in [0.5, 0.6) is 0 Å². The van der Waals surface area contributed by atoms with Gasteiger partial charge in [0.1, 0.15) is 0 Å². The van der Waals surface area contributed by atoms with Gasteiger partial charge in [-0.3, -0.25) is 0 Å². The van der Waals surface area contributed by atoms with Crippen LogP contribution >= 0.6 is 0 Å². The summed E-state index contributed by atoms with van der Waals surface area (Å²) in [5.74, 6) is 0. The van der Waals surface area contributed by atoms with Crippen LogP contribution in [0.1, 0.15) is 42.4 Å². The summed E-state index contributed by atoms with van der Waals surface area (Å²) in [6, 6.07) is 7.82. The highest BCUT2D eigenvalue weighted by Gasteiger charge is 2.15. The van der Waals surface area contributed by atoms with Crippen molar-refractivity contribution in [3.63, 3.8) is 0 Å². The van der Waals surface area contributed by atoms with Crippen LogP contribution in [0, 0.1) is 0 Å². The van der Waals surface area contributed by atoms with Gasteiger partial charge in [-0.25, -0.2) is 0 Å². The van der Waals surface area contributed by atoms with Crippen molar-refractivity contribution in [1.82, 2.24) is 10.2 Å². The summed E-state index contributed by atoms with van der Waals surface area (Å²) in [5, 5.41) is 3.64. The molecule has 0 saturated carbocycles.